The highest BCUT2D eigenvalue weighted by atomic mass is 79.9. The van der Waals surface area contributed by atoms with Gasteiger partial charge in [-0.2, -0.15) is 0 Å². The minimum Gasteiger partial charge on any atom is -0.448 e. The number of carbonyl (C=O) groups is 1. The summed E-state index contributed by atoms with van der Waals surface area (Å²) < 4.78 is 8.11. The van der Waals surface area contributed by atoms with Gasteiger partial charge in [-0.1, -0.05) is 15.9 Å². The van der Waals surface area contributed by atoms with Gasteiger partial charge in [0.25, 0.3) is 0 Å². The van der Waals surface area contributed by atoms with Gasteiger partial charge in [-0.25, -0.2) is 4.79 Å². The summed E-state index contributed by atoms with van der Waals surface area (Å²) in [5.41, 5.74) is 6.79. The highest BCUT2D eigenvalue weighted by molar-refractivity contribution is 9.10. The van der Waals surface area contributed by atoms with Crippen LogP contribution >= 0.6 is 28.1 Å². The summed E-state index contributed by atoms with van der Waals surface area (Å²) in [4.78, 5) is 13.6. The molecule has 7 heteroatoms. The summed E-state index contributed by atoms with van der Waals surface area (Å²) in [6.07, 6.45) is -0.780. The number of hydrogen-bond acceptors (Lipinski definition) is 3. The lowest BCUT2D eigenvalue weighted by molar-refractivity contribution is 0.152. The van der Waals surface area contributed by atoms with Crippen molar-refractivity contribution in [2.45, 2.75) is 6.54 Å². The number of nitrogens with one attached hydrogen (secondary N) is 1. The maximum absolute atomic E-state index is 10.5. The smallest absolute Gasteiger partial charge is 0.404 e. The van der Waals surface area contributed by atoms with Crippen molar-refractivity contribution in [2.24, 2.45) is 5.73 Å². The first kappa shape index (κ1) is 12.1. The lowest BCUT2D eigenvalue weighted by Crippen LogP contribution is -2.16. The van der Waals surface area contributed by atoms with Crippen molar-refractivity contribution in [1.82, 2.24) is 9.55 Å². The summed E-state index contributed by atoms with van der Waals surface area (Å²) in [6, 6.07) is 5.81. The summed E-state index contributed by atoms with van der Waals surface area (Å²) in [5.74, 6) is 0. The van der Waals surface area contributed by atoms with Gasteiger partial charge in [0.1, 0.15) is 6.61 Å². The Morgan fingerprint density at radius 1 is 1.59 bits per heavy atom. The number of H-pyrrole nitrogens is 1. The third-order valence-corrected chi connectivity index (χ3v) is 3.11. The van der Waals surface area contributed by atoms with Crippen LogP contribution in [0.25, 0.3) is 11.0 Å². The van der Waals surface area contributed by atoms with Crippen molar-refractivity contribution in [3.05, 3.63) is 27.4 Å². The molecule has 5 nitrogen and oxygen atoms in total. The Balaban J connectivity index is 2.32. The van der Waals surface area contributed by atoms with Gasteiger partial charge < -0.3 is 20.0 Å². The number of primary amides is 1. The van der Waals surface area contributed by atoms with Crippen molar-refractivity contribution in [3.8, 4) is 0 Å². The van der Waals surface area contributed by atoms with E-state index in [-0.39, 0.29) is 6.61 Å². The predicted molar refractivity (Wildman–Crippen MR) is 70.4 cm³/mol. The molecular formula is C10H10BrN3O2S. The third-order valence-electron chi connectivity index (χ3n) is 2.30. The number of hydrogen-bond donors (Lipinski definition) is 2. The van der Waals surface area contributed by atoms with E-state index in [1.807, 2.05) is 22.8 Å². The predicted octanol–water partition coefficient (Wildman–Crippen LogP) is 2.56. The number of aromatic amines is 1. The number of nitrogens with two attached hydrogens (primary N) is 1. The summed E-state index contributed by atoms with van der Waals surface area (Å²) in [7, 11) is 0. The van der Waals surface area contributed by atoms with E-state index in [1.165, 1.54) is 0 Å². The average Bonchev–Trinajstić information content (AvgIpc) is 2.55. The highest BCUT2D eigenvalue weighted by Gasteiger charge is 2.05. The Hall–Kier alpha value is -1.34. The quantitative estimate of drug-likeness (QED) is 0.855. The molecule has 0 saturated carbocycles. The normalized spacial score (nSPS) is 10.6. The zero-order valence-corrected chi connectivity index (χ0v) is 11.2. The molecule has 0 aliphatic heterocycles. The van der Waals surface area contributed by atoms with Crippen molar-refractivity contribution < 1.29 is 9.53 Å². The van der Waals surface area contributed by atoms with Crippen molar-refractivity contribution in [1.29, 1.82) is 0 Å². The lowest BCUT2D eigenvalue weighted by atomic mass is 10.3. The molecular weight excluding hydrogens is 306 g/mol. The van der Waals surface area contributed by atoms with E-state index >= 15 is 0 Å². The fraction of sp³-hybridized carbons (Fsp3) is 0.200. The van der Waals surface area contributed by atoms with Gasteiger partial charge in [-0.15, -0.1) is 0 Å². The number of nitrogens with zero attached hydrogens (tertiary/aromatic N) is 1. The van der Waals surface area contributed by atoms with E-state index in [1.54, 1.807) is 0 Å². The zero-order chi connectivity index (χ0) is 12.4. The molecule has 0 bridgehead atoms. The molecule has 0 aliphatic carbocycles. The number of halogens is 1. The zero-order valence-electron chi connectivity index (χ0n) is 8.77. The molecule has 1 heterocycles. The van der Waals surface area contributed by atoms with E-state index in [0.29, 0.717) is 11.3 Å². The number of fused-ring (bicyclic) bond motifs is 1. The second-order valence-corrected chi connectivity index (χ2v) is 4.71. The van der Waals surface area contributed by atoms with Crippen LogP contribution in [0.3, 0.4) is 0 Å². The van der Waals surface area contributed by atoms with E-state index < -0.39 is 6.09 Å². The van der Waals surface area contributed by atoms with Crippen molar-refractivity contribution in [3.63, 3.8) is 0 Å². The fourth-order valence-corrected chi connectivity index (χ4v) is 2.23. The van der Waals surface area contributed by atoms with E-state index in [0.717, 1.165) is 15.5 Å². The Morgan fingerprint density at radius 3 is 3.06 bits per heavy atom. The van der Waals surface area contributed by atoms with Gasteiger partial charge in [0.05, 0.1) is 17.6 Å². The minimum atomic E-state index is -0.780. The first-order valence-corrected chi connectivity index (χ1v) is 6.08. The van der Waals surface area contributed by atoms with Crippen LogP contribution in [0.5, 0.6) is 0 Å². The Bertz CT molecular complexity index is 620. The molecule has 1 amide bonds. The number of rotatable bonds is 3. The summed E-state index contributed by atoms with van der Waals surface area (Å²) in [5, 5.41) is 0. The standard InChI is InChI=1S/C10H10BrN3O2S/c11-6-1-2-7-8(5-6)14(10(17)13-7)3-4-16-9(12)15/h1-2,5H,3-4H2,(H2,12,15)(H,13,17). The Morgan fingerprint density at radius 2 is 2.35 bits per heavy atom. The molecule has 17 heavy (non-hydrogen) atoms. The van der Waals surface area contributed by atoms with Crippen LogP contribution in [-0.2, 0) is 11.3 Å². The number of benzene rings is 1. The average molecular weight is 316 g/mol. The number of imidazole rings is 1. The number of carbonyl (C=O) groups excluding carboxylic acids is 1. The topological polar surface area (TPSA) is 73.0 Å². The van der Waals surface area contributed by atoms with Crippen LogP contribution in [0, 0.1) is 4.77 Å². The molecule has 0 saturated heterocycles. The molecule has 0 aliphatic rings. The van der Waals surface area contributed by atoms with Crippen LogP contribution in [0.15, 0.2) is 22.7 Å². The van der Waals surface area contributed by atoms with Crippen molar-refractivity contribution >= 4 is 45.3 Å². The summed E-state index contributed by atoms with van der Waals surface area (Å²) >= 11 is 8.60. The largest absolute Gasteiger partial charge is 0.448 e. The first-order chi connectivity index (χ1) is 8.08. The number of aromatic nitrogens is 2. The molecule has 1 aromatic heterocycles. The van der Waals surface area contributed by atoms with Crippen molar-refractivity contribution in [2.75, 3.05) is 6.61 Å². The van der Waals surface area contributed by atoms with E-state index in [9.17, 15) is 4.79 Å². The maximum Gasteiger partial charge on any atom is 0.404 e. The van der Waals surface area contributed by atoms with Gasteiger partial charge in [0.15, 0.2) is 4.77 Å². The van der Waals surface area contributed by atoms with Crippen LogP contribution in [0.4, 0.5) is 4.79 Å². The monoisotopic (exact) mass is 315 g/mol. The van der Waals surface area contributed by atoms with Crippen LogP contribution in [-0.4, -0.2) is 22.3 Å². The summed E-state index contributed by atoms with van der Waals surface area (Å²) in [6.45, 7) is 0.668. The number of ether oxygens (including phenoxy) is 1. The Kier molecular flexibility index (Phi) is 3.49. The van der Waals surface area contributed by atoms with Crippen LogP contribution in [0.1, 0.15) is 0 Å². The molecule has 3 N–H and O–H groups in total. The second kappa shape index (κ2) is 4.89. The molecule has 1 aromatic carbocycles. The lowest BCUT2D eigenvalue weighted by Gasteiger charge is -2.04. The van der Waals surface area contributed by atoms with Gasteiger partial charge in [0, 0.05) is 4.47 Å². The Labute approximate surface area is 111 Å². The SMILES string of the molecule is NC(=O)OCCn1c(=S)[nH]c2ccc(Br)cc21. The third kappa shape index (κ3) is 2.67. The molecule has 0 fully saturated rings. The molecule has 2 rings (SSSR count). The van der Waals surface area contributed by atoms with Crippen LogP contribution < -0.4 is 5.73 Å². The molecule has 0 unspecified atom stereocenters. The second-order valence-electron chi connectivity index (χ2n) is 3.41. The molecule has 0 spiro atoms. The minimum absolute atomic E-state index is 0.198. The fourth-order valence-electron chi connectivity index (χ4n) is 1.59. The van der Waals surface area contributed by atoms with E-state index in [2.05, 4.69) is 20.9 Å². The van der Waals surface area contributed by atoms with Gasteiger partial charge in [-0.05, 0) is 30.4 Å². The molecule has 2 aromatic rings. The molecule has 90 valence electrons. The molecule has 0 radical (unpaired) electrons. The van der Waals surface area contributed by atoms with Gasteiger partial charge in [-0.3, -0.25) is 0 Å². The molecule has 0 atom stereocenters. The van der Waals surface area contributed by atoms with E-state index in [4.69, 9.17) is 22.7 Å². The number of amides is 1. The first-order valence-electron chi connectivity index (χ1n) is 4.88. The van der Waals surface area contributed by atoms with Crippen LogP contribution in [0.2, 0.25) is 0 Å². The maximum atomic E-state index is 10.5. The van der Waals surface area contributed by atoms with Gasteiger partial charge in [0.2, 0.25) is 0 Å². The highest BCUT2D eigenvalue weighted by Crippen LogP contribution is 2.19. The van der Waals surface area contributed by atoms with Gasteiger partial charge >= 0.3 is 6.09 Å².